The molecule has 0 saturated heterocycles. The summed E-state index contributed by atoms with van der Waals surface area (Å²) in [6.45, 7) is 4.76. The Morgan fingerprint density at radius 3 is 1.69 bits per heavy atom. The van der Waals surface area contributed by atoms with Crippen molar-refractivity contribution in [2.75, 3.05) is 4.90 Å². The molecule has 1 nitrogen and oxygen atoms in total. The van der Waals surface area contributed by atoms with Gasteiger partial charge in [-0.2, -0.15) is 0 Å². The zero-order valence-electron chi connectivity index (χ0n) is 30.2. The van der Waals surface area contributed by atoms with E-state index in [-0.39, 0.29) is 5.41 Å². The predicted molar refractivity (Wildman–Crippen MR) is 221 cm³/mol. The van der Waals surface area contributed by atoms with Gasteiger partial charge in [0.1, 0.15) is 0 Å². The van der Waals surface area contributed by atoms with E-state index in [1.165, 1.54) is 110 Å². The molecule has 2 aliphatic carbocycles. The van der Waals surface area contributed by atoms with Crippen molar-refractivity contribution >= 4 is 17.1 Å². The summed E-state index contributed by atoms with van der Waals surface area (Å²) in [4.78, 5) is 2.54. The maximum Gasteiger partial charge on any atom is 0.0496 e. The van der Waals surface area contributed by atoms with Gasteiger partial charge in [0.05, 0.1) is 0 Å². The van der Waals surface area contributed by atoms with Gasteiger partial charge in [-0.3, -0.25) is 0 Å². The molecule has 0 unspecified atom stereocenters. The number of hydrogen-bond acceptors (Lipinski definition) is 1. The van der Waals surface area contributed by atoms with Crippen LogP contribution in [-0.2, 0) is 5.41 Å². The van der Waals surface area contributed by atoms with Crippen molar-refractivity contribution in [1.29, 1.82) is 0 Å². The van der Waals surface area contributed by atoms with Crippen molar-refractivity contribution in [2.24, 2.45) is 0 Å². The van der Waals surface area contributed by atoms with E-state index in [2.05, 4.69) is 189 Å². The summed E-state index contributed by atoms with van der Waals surface area (Å²) < 4.78 is 0. The summed E-state index contributed by atoms with van der Waals surface area (Å²) in [5.41, 5.74) is 18.0. The molecular formula is C51H45N. The van der Waals surface area contributed by atoms with Gasteiger partial charge in [-0.05, 0) is 110 Å². The minimum atomic E-state index is -0.0741. The number of rotatable bonds is 7. The molecule has 52 heavy (non-hydrogen) atoms. The molecule has 9 rings (SSSR count). The molecule has 0 bridgehead atoms. The Kier molecular flexibility index (Phi) is 8.36. The van der Waals surface area contributed by atoms with Crippen molar-refractivity contribution in [3.63, 3.8) is 0 Å². The Bertz CT molecular complexity index is 2290. The smallest absolute Gasteiger partial charge is 0.0496 e. The molecule has 0 heterocycles. The first kappa shape index (κ1) is 32.3. The fourth-order valence-electron chi connectivity index (χ4n) is 9.07. The minimum Gasteiger partial charge on any atom is -0.310 e. The molecule has 1 saturated carbocycles. The highest BCUT2D eigenvalue weighted by Crippen LogP contribution is 2.51. The standard InChI is InChI=1S/C51H45N/c1-51(2)47-27-14-12-24-45(47)46-34-33-41(35-48(46)51)52(49-28-15-13-23-42(49)36-17-6-3-7-18-36)40-31-29-39(30-32-40)50-43(37-19-8-4-9-20-37)25-16-26-44(50)38-21-10-5-11-22-38/h4-5,8-16,19-36H,3,6-7,17-18H2,1-2H3. The molecule has 2 aliphatic rings. The van der Waals surface area contributed by atoms with Crippen LogP contribution >= 0.6 is 0 Å². The summed E-state index contributed by atoms with van der Waals surface area (Å²) in [5, 5.41) is 0. The van der Waals surface area contributed by atoms with E-state index in [0.29, 0.717) is 5.92 Å². The molecule has 0 aliphatic heterocycles. The Hall–Kier alpha value is -5.66. The molecule has 0 aromatic heterocycles. The lowest BCUT2D eigenvalue weighted by molar-refractivity contribution is 0.444. The van der Waals surface area contributed by atoms with Crippen LogP contribution < -0.4 is 4.90 Å². The summed E-state index contributed by atoms with van der Waals surface area (Å²) in [7, 11) is 0. The zero-order chi connectivity index (χ0) is 35.1. The maximum atomic E-state index is 2.54. The van der Waals surface area contributed by atoms with Crippen LogP contribution in [-0.4, -0.2) is 0 Å². The van der Waals surface area contributed by atoms with Gasteiger partial charge in [0.2, 0.25) is 0 Å². The number of para-hydroxylation sites is 1. The molecule has 0 amide bonds. The van der Waals surface area contributed by atoms with E-state index in [4.69, 9.17) is 0 Å². The molecule has 1 heteroatoms. The van der Waals surface area contributed by atoms with Gasteiger partial charge in [0, 0.05) is 22.5 Å². The molecular weight excluding hydrogens is 627 g/mol. The van der Waals surface area contributed by atoms with Crippen LogP contribution in [0, 0.1) is 0 Å². The SMILES string of the molecule is CC1(C)c2ccccc2-c2ccc(N(c3ccc(-c4c(-c5ccccc5)cccc4-c4ccccc4)cc3)c3ccccc3C3CCCCC3)cc21. The van der Waals surface area contributed by atoms with Crippen molar-refractivity contribution in [3.05, 3.63) is 187 Å². The second kappa shape index (κ2) is 13.5. The van der Waals surface area contributed by atoms with Gasteiger partial charge >= 0.3 is 0 Å². The quantitative estimate of drug-likeness (QED) is 0.163. The van der Waals surface area contributed by atoms with Gasteiger partial charge in [0.15, 0.2) is 0 Å². The van der Waals surface area contributed by atoms with E-state index >= 15 is 0 Å². The lowest BCUT2D eigenvalue weighted by Crippen LogP contribution is -2.18. The van der Waals surface area contributed by atoms with Gasteiger partial charge < -0.3 is 4.90 Å². The van der Waals surface area contributed by atoms with Crippen molar-refractivity contribution in [2.45, 2.75) is 57.3 Å². The van der Waals surface area contributed by atoms with Gasteiger partial charge in [-0.25, -0.2) is 0 Å². The van der Waals surface area contributed by atoms with E-state index in [9.17, 15) is 0 Å². The third-order valence-electron chi connectivity index (χ3n) is 11.7. The monoisotopic (exact) mass is 671 g/mol. The fraction of sp³-hybridized carbons (Fsp3) is 0.176. The molecule has 0 atom stereocenters. The topological polar surface area (TPSA) is 3.24 Å². The summed E-state index contributed by atoms with van der Waals surface area (Å²) in [5.74, 6) is 0.577. The number of fused-ring (bicyclic) bond motifs is 3. The van der Waals surface area contributed by atoms with Crippen molar-refractivity contribution < 1.29 is 0 Å². The Morgan fingerprint density at radius 1 is 0.442 bits per heavy atom. The number of benzene rings is 7. The zero-order valence-corrected chi connectivity index (χ0v) is 30.2. The largest absolute Gasteiger partial charge is 0.310 e. The average molecular weight is 672 g/mol. The molecule has 1 fully saturated rings. The van der Waals surface area contributed by atoms with E-state index in [0.717, 1.165) is 0 Å². The van der Waals surface area contributed by atoms with E-state index < -0.39 is 0 Å². The van der Waals surface area contributed by atoms with Gasteiger partial charge in [-0.1, -0.05) is 173 Å². The molecule has 0 N–H and O–H groups in total. The van der Waals surface area contributed by atoms with Crippen LogP contribution in [0.15, 0.2) is 170 Å². The summed E-state index contributed by atoms with van der Waals surface area (Å²) >= 11 is 0. The first-order valence-electron chi connectivity index (χ1n) is 19.1. The third-order valence-corrected chi connectivity index (χ3v) is 11.7. The normalized spacial score (nSPS) is 14.8. The Balaban J connectivity index is 1.21. The molecule has 254 valence electrons. The summed E-state index contributed by atoms with van der Waals surface area (Å²) in [6, 6.07) is 63.0. The highest BCUT2D eigenvalue weighted by atomic mass is 15.1. The van der Waals surface area contributed by atoms with Crippen LogP contribution in [0.25, 0.3) is 44.5 Å². The van der Waals surface area contributed by atoms with E-state index in [1.807, 2.05) is 0 Å². The van der Waals surface area contributed by atoms with Gasteiger partial charge in [-0.15, -0.1) is 0 Å². The molecule has 7 aromatic carbocycles. The van der Waals surface area contributed by atoms with Crippen LogP contribution in [0.3, 0.4) is 0 Å². The second-order valence-corrected chi connectivity index (χ2v) is 15.1. The van der Waals surface area contributed by atoms with Crippen LogP contribution in [0.1, 0.15) is 68.6 Å². The van der Waals surface area contributed by atoms with E-state index in [1.54, 1.807) is 0 Å². The highest BCUT2D eigenvalue weighted by Gasteiger charge is 2.36. The van der Waals surface area contributed by atoms with Crippen molar-refractivity contribution in [3.8, 4) is 44.5 Å². The predicted octanol–water partition coefficient (Wildman–Crippen LogP) is 14.5. The third kappa shape index (κ3) is 5.66. The average Bonchev–Trinajstić information content (AvgIpc) is 3.44. The first-order valence-corrected chi connectivity index (χ1v) is 19.1. The molecule has 0 radical (unpaired) electrons. The lowest BCUT2D eigenvalue weighted by Gasteiger charge is -2.32. The number of hydrogen-bond donors (Lipinski definition) is 0. The fourth-order valence-corrected chi connectivity index (χ4v) is 9.07. The second-order valence-electron chi connectivity index (χ2n) is 15.1. The van der Waals surface area contributed by atoms with Crippen LogP contribution in [0.5, 0.6) is 0 Å². The first-order chi connectivity index (χ1) is 25.6. The van der Waals surface area contributed by atoms with Crippen molar-refractivity contribution in [1.82, 2.24) is 0 Å². The maximum absolute atomic E-state index is 2.54. The molecule has 7 aromatic rings. The summed E-state index contributed by atoms with van der Waals surface area (Å²) in [6.07, 6.45) is 6.48. The Labute approximate surface area is 309 Å². The number of nitrogens with zero attached hydrogens (tertiary/aromatic N) is 1. The minimum absolute atomic E-state index is 0.0741. The van der Waals surface area contributed by atoms with Gasteiger partial charge in [0.25, 0.3) is 0 Å². The number of anilines is 3. The highest BCUT2D eigenvalue weighted by molar-refractivity contribution is 5.95. The van der Waals surface area contributed by atoms with Crippen LogP contribution in [0.2, 0.25) is 0 Å². The van der Waals surface area contributed by atoms with Crippen LogP contribution in [0.4, 0.5) is 17.1 Å². The lowest BCUT2D eigenvalue weighted by atomic mass is 9.82. The Morgan fingerprint density at radius 2 is 1.00 bits per heavy atom. The molecule has 0 spiro atoms.